The van der Waals surface area contributed by atoms with E-state index in [1.807, 2.05) is 0 Å². The Morgan fingerprint density at radius 2 is 2.15 bits per heavy atom. The highest BCUT2D eigenvalue weighted by Gasteiger charge is 2.39. The molecular weight excluding hydrogens is 204 g/mol. The maximum Gasteiger partial charge on any atom is 0.310 e. The number of hydrogen-bond donors (Lipinski definition) is 1. The first-order chi connectivity index (χ1) is 5.66. The van der Waals surface area contributed by atoms with E-state index in [1.165, 1.54) is 7.11 Å². The Bertz CT molecular complexity index is 180. The van der Waals surface area contributed by atoms with Crippen LogP contribution in [0, 0.1) is 11.8 Å². The van der Waals surface area contributed by atoms with Gasteiger partial charge in [-0.3, -0.25) is 4.79 Å². The summed E-state index contributed by atoms with van der Waals surface area (Å²) in [5, 5.41) is 2.74. The van der Waals surface area contributed by atoms with Gasteiger partial charge in [0.15, 0.2) is 0 Å². The molecule has 1 fully saturated rings. The van der Waals surface area contributed by atoms with Crippen molar-refractivity contribution < 1.29 is 18.3 Å². The average Bonchev–Trinajstić information content (AvgIpc) is 2.50. The molecule has 0 saturated carbocycles. The largest absolute Gasteiger partial charge is 0.469 e. The molecule has 0 aromatic rings. The predicted molar refractivity (Wildman–Crippen MR) is 45.1 cm³/mol. The second-order valence-electron chi connectivity index (χ2n) is 2.79. The van der Waals surface area contributed by atoms with Crippen molar-refractivity contribution in [2.24, 2.45) is 11.8 Å². The highest BCUT2D eigenvalue weighted by molar-refractivity contribution is 5.85. The van der Waals surface area contributed by atoms with E-state index < -0.39 is 24.2 Å². The topological polar surface area (TPSA) is 38.3 Å². The van der Waals surface area contributed by atoms with Crippen molar-refractivity contribution in [3.8, 4) is 0 Å². The van der Waals surface area contributed by atoms with E-state index in [1.54, 1.807) is 0 Å². The van der Waals surface area contributed by atoms with E-state index in [-0.39, 0.29) is 19.0 Å². The first kappa shape index (κ1) is 12.6. The number of ether oxygens (including phenoxy) is 1. The van der Waals surface area contributed by atoms with Crippen LogP contribution in [0.2, 0.25) is 0 Å². The number of alkyl halides is 2. The van der Waals surface area contributed by atoms with Crippen molar-refractivity contribution in [3.05, 3.63) is 0 Å². The van der Waals surface area contributed by atoms with Crippen LogP contribution in [0.3, 0.4) is 0 Å². The van der Waals surface area contributed by atoms with Crippen molar-refractivity contribution in [1.82, 2.24) is 5.32 Å². The summed E-state index contributed by atoms with van der Waals surface area (Å²) in [6.45, 7) is 0.485. The van der Waals surface area contributed by atoms with Gasteiger partial charge in [0.1, 0.15) is 0 Å². The molecule has 0 spiro atoms. The number of carbonyl (C=O) groups is 1. The molecule has 0 aromatic heterocycles. The van der Waals surface area contributed by atoms with Crippen molar-refractivity contribution in [2.45, 2.75) is 6.43 Å². The van der Waals surface area contributed by atoms with Crippen LogP contribution in [0.1, 0.15) is 0 Å². The molecular formula is C7H12ClF2NO2. The van der Waals surface area contributed by atoms with Gasteiger partial charge in [-0.1, -0.05) is 0 Å². The standard InChI is InChI=1S/C7H11F2NO2.ClH/c1-12-7(11)5-3-10-2-4(5)6(8)9;/h4-6,10H,2-3H2,1H3;1H. The predicted octanol–water partition coefficient (Wildman–Crippen LogP) is 0.682. The molecule has 1 heterocycles. The number of nitrogens with one attached hydrogen (secondary N) is 1. The molecule has 2 atom stereocenters. The fourth-order valence-electron chi connectivity index (χ4n) is 1.37. The summed E-state index contributed by atoms with van der Waals surface area (Å²) >= 11 is 0. The Morgan fingerprint density at radius 3 is 2.62 bits per heavy atom. The Hall–Kier alpha value is -0.420. The third kappa shape index (κ3) is 2.77. The van der Waals surface area contributed by atoms with Gasteiger partial charge in [-0.05, 0) is 0 Å². The minimum atomic E-state index is -2.45. The lowest BCUT2D eigenvalue weighted by atomic mass is 9.97. The molecule has 1 rings (SSSR count). The first-order valence-corrected chi connectivity index (χ1v) is 3.73. The normalized spacial score (nSPS) is 27.1. The van der Waals surface area contributed by atoms with Crippen LogP contribution in [0.4, 0.5) is 8.78 Å². The molecule has 1 N–H and O–H groups in total. The SMILES string of the molecule is COC(=O)C1CNCC1C(F)F.Cl. The highest BCUT2D eigenvalue weighted by Crippen LogP contribution is 2.24. The van der Waals surface area contributed by atoms with E-state index in [4.69, 9.17) is 0 Å². The van der Waals surface area contributed by atoms with Crippen molar-refractivity contribution in [1.29, 1.82) is 0 Å². The summed E-state index contributed by atoms with van der Waals surface area (Å²) in [5.41, 5.74) is 0. The van der Waals surface area contributed by atoms with Gasteiger partial charge in [0.2, 0.25) is 6.43 Å². The fraction of sp³-hybridized carbons (Fsp3) is 0.857. The van der Waals surface area contributed by atoms with Gasteiger partial charge in [-0.2, -0.15) is 0 Å². The monoisotopic (exact) mass is 215 g/mol. The molecule has 13 heavy (non-hydrogen) atoms. The molecule has 3 nitrogen and oxygen atoms in total. The molecule has 1 aliphatic rings. The van der Waals surface area contributed by atoms with Crippen LogP contribution in [0.5, 0.6) is 0 Å². The lowest BCUT2D eigenvalue weighted by Crippen LogP contribution is -2.28. The zero-order valence-electron chi connectivity index (χ0n) is 7.13. The molecule has 78 valence electrons. The Kier molecular flexibility index (Phi) is 5.17. The maximum atomic E-state index is 12.2. The summed E-state index contributed by atoms with van der Waals surface area (Å²) in [6.07, 6.45) is -2.45. The number of carbonyl (C=O) groups excluding carboxylic acids is 1. The third-order valence-corrected chi connectivity index (χ3v) is 2.09. The Morgan fingerprint density at radius 1 is 1.54 bits per heavy atom. The van der Waals surface area contributed by atoms with Crippen LogP contribution in [0.15, 0.2) is 0 Å². The summed E-state index contributed by atoms with van der Waals surface area (Å²) < 4.78 is 28.9. The number of hydrogen-bond acceptors (Lipinski definition) is 3. The molecule has 1 aliphatic heterocycles. The summed E-state index contributed by atoms with van der Waals surface area (Å²) in [7, 11) is 1.21. The maximum absolute atomic E-state index is 12.2. The highest BCUT2D eigenvalue weighted by atomic mass is 35.5. The van der Waals surface area contributed by atoms with Crippen LogP contribution in [0.25, 0.3) is 0 Å². The molecule has 0 aromatic carbocycles. The molecule has 2 unspecified atom stereocenters. The van der Waals surface area contributed by atoms with Gasteiger partial charge < -0.3 is 10.1 Å². The van der Waals surface area contributed by atoms with Gasteiger partial charge in [-0.25, -0.2) is 8.78 Å². The van der Waals surface area contributed by atoms with E-state index in [2.05, 4.69) is 10.1 Å². The van der Waals surface area contributed by atoms with E-state index in [0.717, 1.165) is 0 Å². The second-order valence-corrected chi connectivity index (χ2v) is 2.79. The summed E-state index contributed by atoms with van der Waals surface area (Å²) in [6, 6.07) is 0. The number of esters is 1. The van der Waals surface area contributed by atoms with Gasteiger partial charge in [-0.15, -0.1) is 12.4 Å². The molecule has 1 saturated heterocycles. The summed E-state index contributed by atoms with van der Waals surface area (Å²) in [5.74, 6) is -2.13. The minimum absolute atomic E-state index is 0. The average molecular weight is 216 g/mol. The minimum Gasteiger partial charge on any atom is -0.469 e. The van der Waals surface area contributed by atoms with Crippen molar-refractivity contribution in [3.63, 3.8) is 0 Å². The smallest absolute Gasteiger partial charge is 0.310 e. The van der Waals surface area contributed by atoms with Crippen LogP contribution in [-0.4, -0.2) is 32.6 Å². The first-order valence-electron chi connectivity index (χ1n) is 3.73. The summed E-state index contributed by atoms with van der Waals surface area (Å²) in [4.78, 5) is 10.9. The van der Waals surface area contributed by atoms with E-state index in [0.29, 0.717) is 6.54 Å². The Labute approximate surface area is 81.2 Å². The molecule has 0 aliphatic carbocycles. The van der Waals surface area contributed by atoms with E-state index >= 15 is 0 Å². The number of rotatable bonds is 2. The molecule has 0 radical (unpaired) electrons. The van der Waals surface area contributed by atoms with E-state index in [9.17, 15) is 13.6 Å². The van der Waals surface area contributed by atoms with Gasteiger partial charge in [0, 0.05) is 19.0 Å². The van der Waals surface area contributed by atoms with Gasteiger partial charge in [0.25, 0.3) is 0 Å². The Balaban J connectivity index is 0.00000144. The number of halogens is 3. The van der Waals surface area contributed by atoms with Crippen LogP contribution < -0.4 is 5.32 Å². The zero-order chi connectivity index (χ0) is 9.14. The quantitative estimate of drug-likeness (QED) is 0.689. The van der Waals surface area contributed by atoms with Gasteiger partial charge in [0.05, 0.1) is 13.0 Å². The third-order valence-electron chi connectivity index (χ3n) is 2.09. The lowest BCUT2D eigenvalue weighted by molar-refractivity contribution is -0.148. The molecule has 0 bridgehead atoms. The lowest BCUT2D eigenvalue weighted by Gasteiger charge is -2.14. The molecule has 0 amide bonds. The van der Waals surface area contributed by atoms with Crippen molar-refractivity contribution in [2.75, 3.05) is 20.2 Å². The fourth-order valence-corrected chi connectivity index (χ4v) is 1.37. The number of methoxy groups -OCH3 is 1. The zero-order valence-corrected chi connectivity index (χ0v) is 7.94. The van der Waals surface area contributed by atoms with Crippen LogP contribution in [-0.2, 0) is 9.53 Å². The molecule has 6 heteroatoms. The van der Waals surface area contributed by atoms with Gasteiger partial charge >= 0.3 is 5.97 Å². The van der Waals surface area contributed by atoms with Crippen LogP contribution >= 0.6 is 12.4 Å². The second kappa shape index (κ2) is 5.34. The van der Waals surface area contributed by atoms with Crippen molar-refractivity contribution >= 4 is 18.4 Å².